The molecule has 0 radical (unpaired) electrons. The fourth-order valence-corrected chi connectivity index (χ4v) is 1.92. The quantitative estimate of drug-likeness (QED) is 0.709. The summed E-state index contributed by atoms with van der Waals surface area (Å²) in [4.78, 5) is 8.44. The second-order valence-electron chi connectivity index (χ2n) is 4.20. The van der Waals surface area contributed by atoms with Crippen molar-refractivity contribution in [2.75, 3.05) is 12.8 Å². The van der Waals surface area contributed by atoms with Gasteiger partial charge in [-0.25, -0.2) is 4.98 Å². The predicted molar refractivity (Wildman–Crippen MR) is 76.0 cm³/mol. The molecule has 3 aromatic rings. The van der Waals surface area contributed by atoms with E-state index in [9.17, 15) is 0 Å². The molecule has 0 aliphatic rings. The number of aromatic nitrogens is 4. The summed E-state index contributed by atoms with van der Waals surface area (Å²) in [5.41, 5.74) is 8.12. The van der Waals surface area contributed by atoms with Gasteiger partial charge in [0, 0.05) is 23.6 Å². The minimum Gasteiger partial charge on any atom is -0.496 e. The molecule has 0 saturated heterocycles. The summed E-state index contributed by atoms with van der Waals surface area (Å²) < 4.78 is 5.32. The lowest BCUT2D eigenvalue weighted by Gasteiger charge is -2.06. The highest BCUT2D eigenvalue weighted by molar-refractivity contribution is 5.70. The van der Waals surface area contributed by atoms with Crippen LogP contribution in [0.2, 0.25) is 0 Å². The zero-order chi connectivity index (χ0) is 13.9. The number of rotatable bonds is 3. The van der Waals surface area contributed by atoms with Crippen molar-refractivity contribution in [2.45, 2.75) is 0 Å². The van der Waals surface area contributed by atoms with E-state index in [-0.39, 0.29) is 0 Å². The van der Waals surface area contributed by atoms with Gasteiger partial charge in [-0.05, 0) is 30.3 Å². The van der Waals surface area contributed by atoms with Gasteiger partial charge < -0.3 is 10.5 Å². The molecule has 0 spiro atoms. The average molecular weight is 267 g/mol. The van der Waals surface area contributed by atoms with Crippen LogP contribution in [0.3, 0.4) is 0 Å². The number of ether oxygens (including phenoxy) is 1. The summed E-state index contributed by atoms with van der Waals surface area (Å²) >= 11 is 0. The standard InChI is InChI=1S/C14H13N5O/c1-20-12-3-2-10(15)8-11(12)14-17-13(18-19-14)9-4-6-16-7-5-9/h2-8H,15H2,1H3,(H,17,18,19). The zero-order valence-electron chi connectivity index (χ0n) is 10.9. The van der Waals surface area contributed by atoms with E-state index in [1.165, 1.54) is 0 Å². The van der Waals surface area contributed by atoms with Crippen LogP contribution in [0.15, 0.2) is 42.7 Å². The number of nitrogens with one attached hydrogen (secondary N) is 1. The second kappa shape index (κ2) is 5.00. The van der Waals surface area contributed by atoms with Crippen molar-refractivity contribution in [2.24, 2.45) is 0 Å². The number of pyridine rings is 1. The number of nitrogens with two attached hydrogens (primary N) is 1. The van der Waals surface area contributed by atoms with E-state index in [1.54, 1.807) is 37.7 Å². The van der Waals surface area contributed by atoms with Crippen molar-refractivity contribution in [3.63, 3.8) is 0 Å². The number of aromatic amines is 1. The van der Waals surface area contributed by atoms with Crippen molar-refractivity contribution < 1.29 is 4.74 Å². The molecule has 3 rings (SSSR count). The maximum absolute atomic E-state index is 5.81. The molecule has 1 aromatic carbocycles. The van der Waals surface area contributed by atoms with E-state index in [0.29, 0.717) is 23.1 Å². The monoisotopic (exact) mass is 267 g/mol. The summed E-state index contributed by atoms with van der Waals surface area (Å²) in [6.07, 6.45) is 3.40. The molecule has 0 saturated carbocycles. The maximum atomic E-state index is 5.81. The van der Waals surface area contributed by atoms with E-state index in [4.69, 9.17) is 10.5 Å². The minimum atomic E-state index is 0.604. The third-order valence-electron chi connectivity index (χ3n) is 2.90. The van der Waals surface area contributed by atoms with Crippen molar-refractivity contribution >= 4 is 5.69 Å². The van der Waals surface area contributed by atoms with Gasteiger partial charge in [-0.15, -0.1) is 0 Å². The molecule has 0 unspecified atom stereocenters. The Bertz CT molecular complexity index is 723. The summed E-state index contributed by atoms with van der Waals surface area (Å²) in [5, 5.41) is 7.11. The molecule has 0 aliphatic heterocycles. The van der Waals surface area contributed by atoms with Crippen LogP contribution in [0.4, 0.5) is 5.69 Å². The molecule has 0 fully saturated rings. The van der Waals surface area contributed by atoms with Crippen molar-refractivity contribution in [3.8, 4) is 28.5 Å². The predicted octanol–water partition coefficient (Wildman–Crippen LogP) is 2.12. The normalized spacial score (nSPS) is 10.4. The fourth-order valence-electron chi connectivity index (χ4n) is 1.92. The smallest absolute Gasteiger partial charge is 0.181 e. The Labute approximate surface area is 115 Å². The van der Waals surface area contributed by atoms with Crippen LogP contribution in [0.5, 0.6) is 5.75 Å². The molecule has 3 N–H and O–H groups in total. The first-order valence-electron chi connectivity index (χ1n) is 6.04. The van der Waals surface area contributed by atoms with Gasteiger partial charge in [0.05, 0.1) is 12.7 Å². The van der Waals surface area contributed by atoms with E-state index in [2.05, 4.69) is 20.2 Å². The SMILES string of the molecule is COc1ccc(N)cc1-c1nc(-c2ccncc2)n[nH]1. The lowest BCUT2D eigenvalue weighted by molar-refractivity contribution is 0.416. The summed E-state index contributed by atoms with van der Waals surface area (Å²) in [7, 11) is 1.61. The highest BCUT2D eigenvalue weighted by Gasteiger charge is 2.12. The molecule has 20 heavy (non-hydrogen) atoms. The maximum Gasteiger partial charge on any atom is 0.181 e. The molecule has 0 bridgehead atoms. The number of benzene rings is 1. The van der Waals surface area contributed by atoms with Crippen molar-refractivity contribution in [1.82, 2.24) is 20.2 Å². The highest BCUT2D eigenvalue weighted by atomic mass is 16.5. The fraction of sp³-hybridized carbons (Fsp3) is 0.0714. The molecule has 100 valence electrons. The number of hydrogen-bond acceptors (Lipinski definition) is 5. The van der Waals surface area contributed by atoms with Gasteiger partial charge >= 0.3 is 0 Å². The molecule has 2 heterocycles. The van der Waals surface area contributed by atoms with Gasteiger partial charge in [-0.1, -0.05) is 0 Å². The Balaban J connectivity index is 2.04. The molecule has 6 heteroatoms. The van der Waals surface area contributed by atoms with Crippen LogP contribution < -0.4 is 10.5 Å². The van der Waals surface area contributed by atoms with Crippen LogP contribution >= 0.6 is 0 Å². The molecule has 2 aromatic heterocycles. The topological polar surface area (TPSA) is 89.7 Å². The Morgan fingerprint density at radius 3 is 2.70 bits per heavy atom. The Morgan fingerprint density at radius 1 is 1.15 bits per heavy atom. The third kappa shape index (κ3) is 2.18. The van der Waals surface area contributed by atoms with Crippen LogP contribution in [-0.4, -0.2) is 27.3 Å². The number of hydrogen-bond donors (Lipinski definition) is 2. The summed E-state index contributed by atoms with van der Waals surface area (Å²) in [6.45, 7) is 0. The first-order chi connectivity index (χ1) is 9.78. The number of nitrogen functional groups attached to an aromatic ring is 1. The van der Waals surface area contributed by atoms with Gasteiger partial charge in [0.1, 0.15) is 5.75 Å². The average Bonchev–Trinajstić information content (AvgIpc) is 2.98. The minimum absolute atomic E-state index is 0.604. The third-order valence-corrected chi connectivity index (χ3v) is 2.90. The molecule has 0 atom stereocenters. The lowest BCUT2D eigenvalue weighted by Crippen LogP contribution is -1.92. The van der Waals surface area contributed by atoms with E-state index >= 15 is 0 Å². The van der Waals surface area contributed by atoms with Gasteiger partial charge in [0.15, 0.2) is 11.6 Å². The summed E-state index contributed by atoms with van der Waals surface area (Å²) in [5.74, 6) is 1.91. The first-order valence-corrected chi connectivity index (χ1v) is 6.04. The van der Waals surface area contributed by atoms with Crippen LogP contribution in [0.1, 0.15) is 0 Å². The Kier molecular flexibility index (Phi) is 3.04. The summed E-state index contributed by atoms with van der Waals surface area (Å²) in [6, 6.07) is 9.09. The second-order valence-corrected chi connectivity index (χ2v) is 4.20. The number of nitrogens with zero attached hydrogens (tertiary/aromatic N) is 3. The van der Waals surface area contributed by atoms with Crippen LogP contribution in [0, 0.1) is 0 Å². The van der Waals surface area contributed by atoms with E-state index in [1.807, 2.05) is 12.1 Å². The van der Waals surface area contributed by atoms with Gasteiger partial charge in [-0.2, -0.15) is 5.10 Å². The molecular formula is C14H13N5O. The van der Waals surface area contributed by atoms with Crippen LogP contribution in [-0.2, 0) is 0 Å². The Morgan fingerprint density at radius 2 is 1.95 bits per heavy atom. The van der Waals surface area contributed by atoms with Crippen LogP contribution in [0.25, 0.3) is 22.8 Å². The molecule has 0 aliphatic carbocycles. The molecule has 6 nitrogen and oxygen atoms in total. The van der Waals surface area contributed by atoms with E-state index in [0.717, 1.165) is 11.1 Å². The van der Waals surface area contributed by atoms with Crippen molar-refractivity contribution in [3.05, 3.63) is 42.7 Å². The van der Waals surface area contributed by atoms with E-state index < -0.39 is 0 Å². The zero-order valence-corrected chi connectivity index (χ0v) is 10.9. The van der Waals surface area contributed by atoms with Gasteiger partial charge in [0.2, 0.25) is 0 Å². The van der Waals surface area contributed by atoms with Gasteiger partial charge in [-0.3, -0.25) is 10.1 Å². The largest absolute Gasteiger partial charge is 0.496 e. The Hall–Kier alpha value is -2.89. The van der Waals surface area contributed by atoms with Crippen molar-refractivity contribution in [1.29, 1.82) is 0 Å². The number of anilines is 1. The molecule has 0 amide bonds. The highest BCUT2D eigenvalue weighted by Crippen LogP contribution is 2.30. The lowest BCUT2D eigenvalue weighted by atomic mass is 10.1. The number of H-pyrrole nitrogens is 1. The van der Waals surface area contributed by atoms with Gasteiger partial charge in [0.25, 0.3) is 0 Å². The number of methoxy groups -OCH3 is 1. The molecular weight excluding hydrogens is 254 g/mol. The first kappa shape index (κ1) is 12.2.